The second-order valence-corrected chi connectivity index (χ2v) is 6.37. The first kappa shape index (κ1) is 11.5. The van der Waals surface area contributed by atoms with Crippen molar-refractivity contribution < 1.29 is 9.63 Å². The smallest absolute Gasteiger partial charge is 0.243 e. The average molecular weight is 237 g/mol. The molecule has 0 aromatic rings. The van der Waals surface area contributed by atoms with Gasteiger partial charge in [0.2, 0.25) is 5.91 Å². The fourth-order valence-corrected chi connectivity index (χ4v) is 5.00. The Morgan fingerprint density at radius 3 is 2.00 bits per heavy atom. The quantitative estimate of drug-likeness (QED) is 0.706. The second-order valence-electron chi connectivity index (χ2n) is 6.37. The lowest BCUT2D eigenvalue weighted by Crippen LogP contribution is -2.61. The van der Waals surface area contributed by atoms with Crippen molar-refractivity contribution in [3.8, 4) is 0 Å². The van der Waals surface area contributed by atoms with Gasteiger partial charge in [0.15, 0.2) is 0 Å². The molecule has 0 aliphatic heterocycles. The summed E-state index contributed by atoms with van der Waals surface area (Å²) in [7, 11) is 0. The van der Waals surface area contributed by atoms with Crippen LogP contribution in [0.1, 0.15) is 52.4 Å². The Labute approximate surface area is 103 Å². The maximum Gasteiger partial charge on any atom is 0.243 e. The Morgan fingerprint density at radius 1 is 1.18 bits per heavy atom. The van der Waals surface area contributed by atoms with Crippen molar-refractivity contribution >= 4 is 5.91 Å². The van der Waals surface area contributed by atoms with E-state index in [2.05, 4.69) is 0 Å². The van der Waals surface area contributed by atoms with E-state index in [9.17, 15) is 4.79 Å². The van der Waals surface area contributed by atoms with E-state index in [1.165, 1.54) is 38.5 Å². The lowest BCUT2D eigenvalue weighted by molar-refractivity contribution is -0.249. The van der Waals surface area contributed by atoms with Gasteiger partial charge in [-0.3, -0.25) is 9.63 Å². The number of carbonyl (C=O) groups excluding carboxylic acids is 1. The summed E-state index contributed by atoms with van der Waals surface area (Å²) < 4.78 is 0. The van der Waals surface area contributed by atoms with E-state index >= 15 is 0 Å². The van der Waals surface area contributed by atoms with Crippen molar-refractivity contribution in [1.29, 1.82) is 0 Å². The molecule has 0 unspecified atom stereocenters. The van der Waals surface area contributed by atoms with E-state index < -0.39 is 0 Å². The highest BCUT2D eigenvalue weighted by Crippen LogP contribution is 2.57. The molecule has 4 saturated carbocycles. The summed E-state index contributed by atoms with van der Waals surface area (Å²) in [6.45, 7) is 4.21. The maximum atomic E-state index is 11.9. The van der Waals surface area contributed by atoms with E-state index in [4.69, 9.17) is 4.84 Å². The monoisotopic (exact) mass is 237 g/mol. The van der Waals surface area contributed by atoms with Crippen LogP contribution in [0.2, 0.25) is 0 Å². The van der Waals surface area contributed by atoms with Gasteiger partial charge in [0.05, 0.1) is 12.1 Å². The average Bonchev–Trinajstić information content (AvgIpc) is 2.23. The predicted molar refractivity (Wildman–Crippen MR) is 65.0 cm³/mol. The van der Waals surface area contributed by atoms with Gasteiger partial charge in [0.25, 0.3) is 0 Å². The van der Waals surface area contributed by atoms with Gasteiger partial charge in [-0.05, 0) is 63.2 Å². The highest BCUT2D eigenvalue weighted by Gasteiger charge is 2.55. The Hall–Kier alpha value is -0.570. The largest absolute Gasteiger partial charge is 0.273 e. The first-order valence-electron chi connectivity index (χ1n) is 7.06. The molecule has 0 N–H and O–H groups in total. The zero-order valence-electron chi connectivity index (χ0n) is 10.9. The standard InChI is InChI=1S/C14H23NO2/c1-3-17-15(10(2)16)14-7-11-4-12(8-14)6-13(5-11)9-14/h11-13H,3-9H2,1-2H3. The first-order chi connectivity index (χ1) is 8.13. The molecule has 0 saturated heterocycles. The van der Waals surface area contributed by atoms with Crippen molar-refractivity contribution in [3.63, 3.8) is 0 Å². The molecule has 0 atom stereocenters. The predicted octanol–water partition coefficient (Wildman–Crippen LogP) is 2.76. The van der Waals surface area contributed by atoms with Crippen LogP contribution in [0.25, 0.3) is 0 Å². The molecule has 0 radical (unpaired) electrons. The third-order valence-corrected chi connectivity index (χ3v) is 4.98. The number of rotatable bonds is 3. The van der Waals surface area contributed by atoms with Crippen LogP contribution in [-0.2, 0) is 9.63 Å². The summed E-state index contributed by atoms with van der Waals surface area (Å²) in [5.41, 5.74) is 0.0522. The zero-order valence-corrected chi connectivity index (χ0v) is 10.9. The Balaban J connectivity index is 1.87. The van der Waals surface area contributed by atoms with E-state index in [1.807, 2.05) is 6.92 Å². The molecule has 0 aromatic carbocycles. The maximum absolute atomic E-state index is 11.9. The van der Waals surface area contributed by atoms with Gasteiger partial charge in [-0.2, -0.15) is 0 Å². The molecule has 3 nitrogen and oxygen atoms in total. The zero-order chi connectivity index (χ0) is 12.0. The van der Waals surface area contributed by atoms with Gasteiger partial charge < -0.3 is 0 Å². The van der Waals surface area contributed by atoms with Gasteiger partial charge >= 0.3 is 0 Å². The molecule has 4 aliphatic rings. The molecule has 3 heteroatoms. The van der Waals surface area contributed by atoms with Gasteiger partial charge in [0, 0.05) is 6.92 Å². The number of hydrogen-bond acceptors (Lipinski definition) is 2. The van der Waals surface area contributed by atoms with Gasteiger partial charge in [-0.15, -0.1) is 0 Å². The first-order valence-corrected chi connectivity index (χ1v) is 7.06. The summed E-state index contributed by atoms with van der Waals surface area (Å²) in [6.07, 6.45) is 7.74. The van der Waals surface area contributed by atoms with E-state index in [0.717, 1.165) is 17.8 Å². The topological polar surface area (TPSA) is 29.5 Å². The number of nitrogens with zero attached hydrogens (tertiary/aromatic N) is 1. The summed E-state index contributed by atoms with van der Waals surface area (Å²) >= 11 is 0. The van der Waals surface area contributed by atoms with Crippen LogP contribution >= 0.6 is 0 Å². The lowest BCUT2D eigenvalue weighted by Gasteiger charge is -2.59. The summed E-state index contributed by atoms with van der Waals surface area (Å²) in [6, 6.07) is 0. The molecule has 0 aromatic heterocycles. The SMILES string of the molecule is CCON(C(C)=O)C12CC3CC(CC(C3)C1)C2. The van der Waals surface area contributed by atoms with Crippen molar-refractivity contribution in [1.82, 2.24) is 5.06 Å². The highest BCUT2D eigenvalue weighted by molar-refractivity contribution is 5.73. The van der Waals surface area contributed by atoms with Crippen molar-refractivity contribution in [2.45, 2.75) is 57.9 Å². The highest BCUT2D eigenvalue weighted by atomic mass is 16.7. The number of hydrogen-bond donors (Lipinski definition) is 0. The molecule has 0 heterocycles. The van der Waals surface area contributed by atoms with E-state index in [0.29, 0.717) is 6.61 Å². The molecule has 17 heavy (non-hydrogen) atoms. The molecular formula is C14H23NO2. The van der Waals surface area contributed by atoms with Crippen LogP contribution in [-0.4, -0.2) is 23.1 Å². The van der Waals surface area contributed by atoms with Crippen LogP contribution < -0.4 is 0 Å². The Morgan fingerprint density at radius 2 is 1.65 bits per heavy atom. The molecule has 4 rings (SSSR count). The minimum atomic E-state index is 0.0522. The van der Waals surface area contributed by atoms with Crippen LogP contribution in [0, 0.1) is 17.8 Å². The number of hydroxylamine groups is 2. The van der Waals surface area contributed by atoms with Crippen molar-refractivity contribution in [2.24, 2.45) is 17.8 Å². The van der Waals surface area contributed by atoms with Crippen LogP contribution in [0.15, 0.2) is 0 Å². The summed E-state index contributed by atoms with van der Waals surface area (Å²) in [5, 5.41) is 1.75. The molecule has 96 valence electrons. The third-order valence-electron chi connectivity index (χ3n) is 4.98. The van der Waals surface area contributed by atoms with E-state index in [-0.39, 0.29) is 11.4 Å². The van der Waals surface area contributed by atoms with Crippen molar-refractivity contribution in [3.05, 3.63) is 0 Å². The minimum Gasteiger partial charge on any atom is -0.273 e. The normalized spacial score (nSPS) is 42.8. The molecule has 4 aliphatic carbocycles. The van der Waals surface area contributed by atoms with Crippen LogP contribution in [0.5, 0.6) is 0 Å². The van der Waals surface area contributed by atoms with Gasteiger partial charge in [0.1, 0.15) is 0 Å². The Kier molecular flexibility index (Phi) is 2.69. The lowest BCUT2D eigenvalue weighted by atomic mass is 9.53. The van der Waals surface area contributed by atoms with Crippen LogP contribution in [0.4, 0.5) is 0 Å². The number of amides is 1. The minimum absolute atomic E-state index is 0.0522. The molecule has 1 amide bonds. The molecular weight excluding hydrogens is 214 g/mol. The Bertz CT molecular complexity index is 291. The van der Waals surface area contributed by atoms with Crippen LogP contribution in [0.3, 0.4) is 0 Å². The summed E-state index contributed by atoms with van der Waals surface area (Å²) in [4.78, 5) is 17.5. The van der Waals surface area contributed by atoms with E-state index in [1.54, 1.807) is 12.0 Å². The third kappa shape index (κ3) is 1.79. The molecule has 4 bridgehead atoms. The van der Waals surface area contributed by atoms with Crippen molar-refractivity contribution in [2.75, 3.05) is 6.61 Å². The number of carbonyl (C=O) groups is 1. The summed E-state index contributed by atoms with van der Waals surface area (Å²) in [5.74, 6) is 2.64. The molecule has 4 fully saturated rings. The fourth-order valence-electron chi connectivity index (χ4n) is 5.00. The fraction of sp³-hybridized carbons (Fsp3) is 0.929. The van der Waals surface area contributed by atoms with Gasteiger partial charge in [-0.1, -0.05) is 0 Å². The molecule has 0 spiro atoms. The second kappa shape index (κ2) is 3.98. The van der Waals surface area contributed by atoms with Gasteiger partial charge in [-0.25, -0.2) is 5.06 Å².